The summed E-state index contributed by atoms with van der Waals surface area (Å²) in [6.45, 7) is 1.33. The molecule has 1 amide bonds. The summed E-state index contributed by atoms with van der Waals surface area (Å²) < 4.78 is 25.4. The van der Waals surface area contributed by atoms with Crippen molar-refractivity contribution in [3.05, 3.63) is 24.3 Å². The Hall–Kier alpha value is -1.44. The van der Waals surface area contributed by atoms with Gasteiger partial charge >= 0.3 is 0 Å². The van der Waals surface area contributed by atoms with E-state index in [4.69, 9.17) is 0 Å². The van der Waals surface area contributed by atoms with Gasteiger partial charge in [-0.2, -0.15) is 0 Å². The molecular weight excluding hydrogens is 254 g/mol. The van der Waals surface area contributed by atoms with Gasteiger partial charge < -0.3 is 10.6 Å². The third kappa shape index (κ3) is 2.69. The van der Waals surface area contributed by atoms with Crippen LogP contribution in [0, 0.1) is 5.92 Å². The van der Waals surface area contributed by atoms with Crippen LogP contribution >= 0.6 is 0 Å². The molecule has 0 radical (unpaired) electrons. The van der Waals surface area contributed by atoms with Crippen LogP contribution in [0.5, 0.6) is 0 Å². The zero-order chi connectivity index (χ0) is 13.2. The lowest BCUT2D eigenvalue weighted by molar-refractivity contribution is -0.121. The minimum atomic E-state index is -3.48. The third-order valence-electron chi connectivity index (χ3n) is 2.83. The Balaban J connectivity index is 2.14. The van der Waals surface area contributed by atoms with E-state index in [1.54, 1.807) is 12.1 Å². The van der Waals surface area contributed by atoms with Gasteiger partial charge in [0.25, 0.3) is 0 Å². The lowest BCUT2D eigenvalue weighted by Crippen LogP contribution is -2.48. The Kier molecular flexibility index (Phi) is 3.65. The van der Waals surface area contributed by atoms with Crippen LogP contribution in [-0.2, 0) is 14.8 Å². The number of benzene rings is 1. The van der Waals surface area contributed by atoms with Crippen molar-refractivity contribution >= 4 is 21.6 Å². The van der Waals surface area contributed by atoms with E-state index >= 15 is 0 Å². The number of hydrogen-bond donors (Lipinski definition) is 3. The van der Waals surface area contributed by atoms with Crippen LogP contribution in [0.25, 0.3) is 0 Å². The van der Waals surface area contributed by atoms with E-state index in [1.165, 1.54) is 19.2 Å². The molecule has 1 aromatic carbocycles. The second-order valence-corrected chi connectivity index (χ2v) is 5.97. The molecule has 1 aliphatic rings. The van der Waals surface area contributed by atoms with E-state index in [0.29, 0.717) is 18.8 Å². The van der Waals surface area contributed by atoms with Gasteiger partial charge in [0.15, 0.2) is 0 Å². The van der Waals surface area contributed by atoms with Gasteiger partial charge in [0.1, 0.15) is 0 Å². The van der Waals surface area contributed by atoms with Gasteiger partial charge in [-0.15, -0.1) is 0 Å². The molecule has 0 unspecified atom stereocenters. The summed E-state index contributed by atoms with van der Waals surface area (Å²) in [6, 6.07) is 6.18. The van der Waals surface area contributed by atoms with E-state index < -0.39 is 10.0 Å². The van der Waals surface area contributed by atoms with Gasteiger partial charge in [0, 0.05) is 18.8 Å². The van der Waals surface area contributed by atoms with Crippen molar-refractivity contribution in [2.45, 2.75) is 4.90 Å². The zero-order valence-corrected chi connectivity index (χ0v) is 10.8. The van der Waals surface area contributed by atoms with Crippen LogP contribution in [0.1, 0.15) is 0 Å². The summed E-state index contributed by atoms with van der Waals surface area (Å²) in [6.07, 6.45) is 0. The fourth-order valence-electron chi connectivity index (χ4n) is 1.58. The minimum Gasteiger partial charge on any atom is -0.326 e. The Morgan fingerprint density at radius 2 is 2.11 bits per heavy atom. The van der Waals surface area contributed by atoms with E-state index in [-0.39, 0.29) is 16.7 Å². The summed E-state index contributed by atoms with van der Waals surface area (Å²) >= 11 is 0. The number of rotatable bonds is 4. The van der Waals surface area contributed by atoms with Crippen molar-refractivity contribution in [1.29, 1.82) is 0 Å². The van der Waals surface area contributed by atoms with Crippen LogP contribution < -0.4 is 15.4 Å². The number of anilines is 1. The Labute approximate surface area is 106 Å². The highest BCUT2D eigenvalue weighted by Crippen LogP contribution is 2.16. The molecule has 1 saturated heterocycles. The Morgan fingerprint density at radius 1 is 1.39 bits per heavy atom. The van der Waals surface area contributed by atoms with Crippen molar-refractivity contribution in [2.75, 3.05) is 25.5 Å². The molecule has 0 saturated carbocycles. The Morgan fingerprint density at radius 3 is 2.67 bits per heavy atom. The molecule has 0 atom stereocenters. The monoisotopic (exact) mass is 269 g/mol. The topological polar surface area (TPSA) is 87.3 Å². The molecule has 2 rings (SSSR count). The molecule has 98 valence electrons. The van der Waals surface area contributed by atoms with E-state index in [1.807, 2.05) is 0 Å². The summed E-state index contributed by atoms with van der Waals surface area (Å²) in [5.74, 6) is -0.123. The van der Waals surface area contributed by atoms with Crippen LogP contribution in [0.3, 0.4) is 0 Å². The number of amides is 1. The molecule has 1 heterocycles. The van der Waals surface area contributed by atoms with Gasteiger partial charge in [-0.1, -0.05) is 6.07 Å². The fraction of sp³-hybridized carbons (Fsp3) is 0.364. The molecule has 1 aromatic rings. The highest BCUT2D eigenvalue weighted by atomic mass is 32.2. The third-order valence-corrected chi connectivity index (χ3v) is 4.24. The molecule has 0 aromatic heterocycles. The van der Waals surface area contributed by atoms with Crippen LogP contribution in [-0.4, -0.2) is 34.5 Å². The fourth-order valence-corrected chi connectivity index (χ4v) is 2.35. The normalized spacial score (nSPS) is 16.1. The first-order valence-electron chi connectivity index (χ1n) is 5.58. The minimum absolute atomic E-state index is 0.0328. The predicted molar refractivity (Wildman–Crippen MR) is 67.7 cm³/mol. The molecule has 6 nitrogen and oxygen atoms in total. The molecule has 7 heteroatoms. The highest BCUT2D eigenvalue weighted by molar-refractivity contribution is 7.89. The number of carbonyl (C=O) groups excluding carboxylic acids is 1. The maximum Gasteiger partial charge on any atom is 0.240 e. The van der Waals surface area contributed by atoms with Crippen LogP contribution in [0.4, 0.5) is 5.69 Å². The number of nitrogens with one attached hydrogen (secondary N) is 3. The molecule has 3 N–H and O–H groups in total. The highest BCUT2D eigenvalue weighted by Gasteiger charge is 2.24. The molecular formula is C11H15N3O3S. The van der Waals surface area contributed by atoms with Gasteiger partial charge in [0.05, 0.1) is 10.8 Å². The van der Waals surface area contributed by atoms with Crippen molar-refractivity contribution in [3.63, 3.8) is 0 Å². The maximum absolute atomic E-state index is 11.7. The average Bonchev–Trinajstić information content (AvgIpc) is 2.27. The van der Waals surface area contributed by atoms with Crippen molar-refractivity contribution in [2.24, 2.45) is 5.92 Å². The van der Waals surface area contributed by atoms with Gasteiger partial charge in [0.2, 0.25) is 15.9 Å². The average molecular weight is 269 g/mol. The number of hydrogen-bond acceptors (Lipinski definition) is 4. The Bertz CT molecular complexity index is 552. The zero-order valence-electron chi connectivity index (χ0n) is 9.93. The lowest BCUT2D eigenvalue weighted by atomic mass is 10.0. The summed E-state index contributed by atoms with van der Waals surface area (Å²) in [5, 5.41) is 5.72. The maximum atomic E-state index is 11.7. The summed E-state index contributed by atoms with van der Waals surface area (Å²) in [5.41, 5.74) is 0.489. The standard InChI is InChI=1S/C11H15N3O3S/c1-12-18(16,17)10-4-2-3-9(5-10)14-11(15)8-6-13-7-8/h2-5,8,12-13H,6-7H2,1H3,(H,14,15). The molecule has 0 aliphatic carbocycles. The molecule has 18 heavy (non-hydrogen) atoms. The second-order valence-electron chi connectivity index (χ2n) is 4.08. The number of sulfonamides is 1. The van der Waals surface area contributed by atoms with Gasteiger partial charge in [-0.25, -0.2) is 13.1 Å². The second kappa shape index (κ2) is 5.05. The van der Waals surface area contributed by atoms with Crippen molar-refractivity contribution in [1.82, 2.24) is 10.0 Å². The van der Waals surface area contributed by atoms with Crippen molar-refractivity contribution in [3.8, 4) is 0 Å². The quantitative estimate of drug-likeness (QED) is 0.703. The largest absolute Gasteiger partial charge is 0.326 e. The first-order chi connectivity index (χ1) is 8.53. The lowest BCUT2D eigenvalue weighted by Gasteiger charge is -2.25. The smallest absolute Gasteiger partial charge is 0.240 e. The van der Waals surface area contributed by atoms with E-state index in [9.17, 15) is 13.2 Å². The summed E-state index contributed by atoms with van der Waals surface area (Å²) in [4.78, 5) is 11.8. The first kappa shape index (κ1) is 13.0. The van der Waals surface area contributed by atoms with Crippen LogP contribution in [0.2, 0.25) is 0 Å². The van der Waals surface area contributed by atoms with Gasteiger partial charge in [-0.05, 0) is 25.2 Å². The van der Waals surface area contributed by atoms with Gasteiger partial charge in [-0.3, -0.25) is 4.79 Å². The van der Waals surface area contributed by atoms with Crippen molar-refractivity contribution < 1.29 is 13.2 Å². The molecule has 1 fully saturated rings. The SMILES string of the molecule is CNS(=O)(=O)c1cccc(NC(=O)C2CNC2)c1. The molecule has 0 spiro atoms. The molecule has 0 bridgehead atoms. The first-order valence-corrected chi connectivity index (χ1v) is 7.06. The number of carbonyl (C=O) groups is 1. The van der Waals surface area contributed by atoms with E-state index in [2.05, 4.69) is 15.4 Å². The molecule has 1 aliphatic heterocycles. The predicted octanol–water partition coefficient (Wildman–Crippen LogP) is -0.247. The van der Waals surface area contributed by atoms with Crippen LogP contribution in [0.15, 0.2) is 29.2 Å². The summed E-state index contributed by atoms with van der Waals surface area (Å²) in [7, 11) is -2.13. The van der Waals surface area contributed by atoms with E-state index in [0.717, 1.165) is 0 Å².